The standard InChI is InChI=1S/C11H12N2O/c12-7-1-2-9-8(5-7)10(14)13-6-11(9)3-4-11/h1-2,5H,3-4,6,12H2,(H,13,14). The largest absolute Gasteiger partial charge is 0.399 e. The number of carbonyl (C=O) groups is 1. The zero-order chi connectivity index (χ0) is 9.76. The summed E-state index contributed by atoms with van der Waals surface area (Å²) < 4.78 is 0. The predicted molar refractivity (Wildman–Crippen MR) is 54.1 cm³/mol. The third-order valence-electron chi connectivity index (χ3n) is 3.30. The predicted octanol–water partition coefficient (Wildman–Crippen LogP) is 1.04. The van der Waals surface area contributed by atoms with E-state index >= 15 is 0 Å². The molecule has 0 radical (unpaired) electrons. The van der Waals surface area contributed by atoms with Gasteiger partial charge in [-0.1, -0.05) is 6.07 Å². The molecule has 1 aliphatic carbocycles. The van der Waals surface area contributed by atoms with Crippen molar-refractivity contribution >= 4 is 11.6 Å². The van der Waals surface area contributed by atoms with Crippen molar-refractivity contribution < 1.29 is 4.79 Å². The average Bonchev–Trinajstić information content (AvgIpc) is 2.93. The van der Waals surface area contributed by atoms with Gasteiger partial charge in [0.05, 0.1) is 0 Å². The van der Waals surface area contributed by atoms with Gasteiger partial charge in [-0.25, -0.2) is 0 Å². The van der Waals surface area contributed by atoms with Crippen LogP contribution in [0.5, 0.6) is 0 Å². The van der Waals surface area contributed by atoms with Crippen LogP contribution in [0, 0.1) is 0 Å². The van der Waals surface area contributed by atoms with Gasteiger partial charge in [-0.2, -0.15) is 0 Å². The highest BCUT2D eigenvalue weighted by Crippen LogP contribution is 2.50. The van der Waals surface area contributed by atoms with Gasteiger partial charge in [0, 0.05) is 23.2 Å². The van der Waals surface area contributed by atoms with Gasteiger partial charge in [0.2, 0.25) is 0 Å². The summed E-state index contributed by atoms with van der Waals surface area (Å²) in [4.78, 5) is 11.6. The van der Waals surface area contributed by atoms with E-state index in [0.29, 0.717) is 5.69 Å². The first-order valence-corrected chi connectivity index (χ1v) is 4.90. The van der Waals surface area contributed by atoms with E-state index in [2.05, 4.69) is 5.32 Å². The summed E-state index contributed by atoms with van der Waals surface area (Å²) in [6, 6.07) is 5.68. The normalized spacial score (nSPS) is 21.6. The first-order chi connectivity index (χ1) is 6.71. The van der Waals surface area contributed by atoms with Gasteiger partial charge in [-0.3, -0.25) is 4.79 Å². The summed E-state index contributed by atoms with van der Waals surface area (Å²) in [6.07, 6.45) is 2.37. The minimum Gasteiger partial charge on any atom is -0.399 e. The lowest BCUT2D eigenvalue weighted by atomic mass is 9.87. The fourth-order valence-electron chi connectivity index (χ4n) is 2.25. The van der Waals surface area contributed by atoms with Crippen molar-refractivity contribution in [1.82, 2.24) is 5.32 Å². The van der Waals surface area contributed by atoms with E-state index in [0.717, 1.165) is 12.1 Å². The summed E-state index contributed by atoms with van der Waals surface area (Å²) in [5, 5.41) is 2.92. The Morgan fingerprint density at radius 2 is 2.14 bits per heavy atom. The van der Waals surface area contributed by atoms with Crippen LogP contribution in [0.3, 0.4) is 0 Å². The van der Waals surface area contributed by atoms with E-state index in [9.17, 15) is 4.79 Å². The summed E-state index contributed by atoms with van der Waals surface area (Å²) in [6.45, 7) is 0.794. The molecular formula is C11H12N2O. The Hall–Kier alpha value is -1.51. The number of anilines is 1. The molecule has 3 nitrogen and oxygen atoms in total. The molecule has 1 aromatic carbocycles. The number of nitrogens with two attached hydrogens (primary N) is 1. The Labute approximate surface area is 82.3 Å². The Morgan fingerprint density at radius 1 is 1.36 bits per heavy atom. The van der Waals surface area contributed by atoms with Crippen LogP contribution < -0.4 is 11.1 Å². The number of benzene rings is 1. The second kappa shape index (κ2) is 2.29. The second-order valence-corrected chi connectivity index (χ2v) is 4.27. The monoisotopic (exact) mass is 188 g/mol. The molecule has 1 fully saturated rings. The van der Waals surface area contributed by atoms with E-state index in [4.69, 9.17) is 5.73 Å². The summed E-state index contributed by atoms with van der Waals surface area (Å²) >= 11 is 0. The molecule has 0 aromatic heterocycles. The lowest BCUT2D eigenvalue weighted by Crippen LogP contribution is -2.39. The van der Waals surface area contributed by atoms with Crippen molar-refractivity contribution in [2.24, 2.45) is 0 Å². The molecule has 1 spiro atoms. The summed E-state index contributed by atoms with van der Waals surface area (Å²) in [5.41, 5.74) is 8.55. The van der Waals surface area contributed by atoms with Gasteiger partial charge in [0.25, 0.3) is 5.91 Å². The number of amides is 1. The highest BCUT2D eigenvalue weighted by atomic mass is 16.1. The number of rotatable bonds is 0. The lowest BCUT2D eigenvalue weighted by Gasteiger charge is -2.25. The number of hydrogen-bond donors (Lipinski definition) is 2. The van der Waals surface area contributed by atoms with E-state index in [1.54, 1.807) is 6.07 Å². The van der Waals surface area contributed by atoms with Crippen LogP contribution in [0.2, 0.25) is 0 Å². The van der Waals surface area contributed by atoms with Crippen molar-refractivity contribution in [2.75, 3.05) is 12.3 Å². The Morgan fingerprint density at radius 3 is 2.86 bits per heavy atom. The molecule has 1 aromatic rings. The van der Waals surface area contributed by atoms with E-state index in [1.165, 1.54) is 18.4 Å². The minimum atomic E-state index is 0.0184. The maximum atomic E-state index is 11.6. The zero-order valence-electron chi connectivity index (χ0n) is 7.84. The Kier molecular flexibility index (Phi) is 1.29. The van der Waals surface area contributed by atoms with E-state index in [1.807, 2.05) is 12.1 Å². The van der Waals surface area contributed by atoms with Gasteiger partial charge < -0.3 is 11.1 Å². The SMILES string of the molecule is Nc1ccc2c(c1)C(=O)NCC21CC1. The number of fused-ring (bicyclic) bond motifs is 2. The van der Waals surface area contributed by atoms with Crippen LogP contribution in [0.4, 0.5) is 5.69 Å². The third kappa shape index (κ3) is 0.895. The van der Waals surface area contributed by atoms with Crippen molar-refractivity contribution in [3.63, 3.8) is 0 Å². The van der Waals surface area contributed by atoms with Gasteiger partial charge in [0.1, 0.15) is 0 Å². The first-order valence-electron chi connectivity index (χ1n) is 4.90. The molecular weight excluding hydrogens is 176 g/mol. The van der Waals surface area contributed by atoms with Crippen LogP contribution in [-0.2, 0) is 5.41 Å². The second-order valence-electron chi connectivity index (χ2n) is 4.27. The molecule has 0 atom stereocenters. The molecule has 0 bridgehead atoms. The van der Waals surface area contributed by atoms with Gasteiger partial charge in [0.15, 0.2) is 0 Å². The quantitative estimate of drug-likeness (QED) is 0.598. The number of nitrogens with one attached hydrogen (secondary N) is 1. The van der Waals surface area contributed by atoms with E-state index < -0.39 is 0 Å². The highest BCUT2D eigenvalue weighted by molar-refractivity contribution is 5.98. The molecule has 0 saturated heterocycles. The van der Waals surface area contributed by atoms with Gasteiger partial charge in [-0.15, -0.1) is 0 Å². The molecule has 72 valence electrons. The molecule has 3 heteroatoms. The van der Waals surface area contributed by atoms with Crippen LogP contribution in [0.1, 0.15) is 28.8 Å². The molecule has 3 N–H and O–H groups in total. The Bertz CT molecular complexity index is 421. The fourth-order valence-corrected chi connectivity index (χ4v) is 2.25. The fraction of sp³-hybridized carbons (Fsp3) is 0.364. The van der Waals surface area contributed by atoms with E-state index in [-0.39, 0.29) is 11.3 Å². The number of carbonyl (C=O) groups excluding carboxylic acids is 1. The molecule has 1 aliphatic heterocycles. The summed E-state index contributed by atoms with van der Waals surface area (Å²) in [7, 11) is 0. The highest BCUT2D eigenvalue weighted by Gasteiger charge is 2.48. The van der Waals surface area contributed by atoms with Crippen molar-refractivity contribution in [1.29, 1.82) is 0 Å². The van der Waals surface area contributed by atoms with Crippen LogP contribution in [-0.4, -0.2) is 12.5 Å². The average molecular weight is 188 g/mol. The molecule has 1 heterocycles. The first kappa shape index (κ1) is 7.85. The van der Waals surface area contributed by atoms with Crippen LogP contribution in [0.15, 0.2) is 18.2 Å². The smallest absolute Gasteiger partial charge is 0.251 e. The van der Waals surface area contributed by atoms with Crippen molar-refractivity contribution in [2.45, 2.75) is 18.3 Å². The van der Waals surface area contributed by atoms with Crippen molar-refractivity contribution in [3.8, 4) is 0 Å². The third-order valence-corrected chi connectivity index (χ3v) is 3.30. The number of hydrogen-bond acceptors (Lipinski definition) is 2. The molecule has 14 heavy (non-hydrogen) atoms. The molecule has 2 aliphatic rings. The number of nitrogen functional groups attached to an aromatic ring is 1. The topological polar surface area (TPSA) is 55.1 Å². The van der Waals surface area contributed by atoms with Crippen molar-refractivity contribution in [3.05, 3.63) is 29.3 Å². The van der Waals surface area contributed by atoms with Crippen LogP contribution in [0.25, 0.3) is 0 Å². The lowest BCUT2D eigenvalue weighted by molar-refractivity contribution is 0.0937. The summed E-state index contributed by atoms with van der Waals surface area (Å²) in [5.74, 6) is 0.0184. The molecule has 1 amide bonds. The maximum Gasteiger partial charge on any atom is 0.251 e. The van der Waals surface area contributed by atoms with Crippen LogP contribution >= 0.6 is 0 Å². The zero-order valence-corrected chi connectivity index (χ0v) is 7.84. The maximum absolute atomic E-state index is 11.6. The Balaban J connectivity index is 2.21. The molecule has 1 saturated carbocycles. The minimum absolute atomic E-state index is 0.0184. The van der Waals surface area contributed by atoms with Gasteiger partial charge in [-0.05, 0) is 30.5 Å². The molecule has 3 rings (SSSR count). The molecule has 0 unspecified atom stereocenters. The van der Waals surface area contributed by atoms with Gasteiger partial charge >= 0.3 is 0 Å².